The lowest BCUT2D eigenvalue weighted by molar-refractivity contribution is -0.137. The first-order valence-corrected chi connectivity index (χ1v) is 9.87. The van der Waals surface area contributed by atoms with Crippen molar-refractivity contribution in [1.82, 2.24) is 19.3 Å². The van der Waals surface area contributed by atoms with Gasteiger partial charge in [0, 0.05) is 24.0 Å². The molecular weight excluding hydrogens is 453 g/mol. The van der Waals surface area contributed by atoms with Crippen molar-refractivity contribution >= 4 is 34.2 Å². The van der Waals surface area contributed by atoms with Crippen molar-refractivity contribution in [1.29, 1.82) is 0 Å². The van der Waals surface area contributed by atoms with Crippen LogP contribution in [-0.4, -0.2) is 31.1 Å². The summed E-state index contributed by atoms with van der Waals surface area (Å²) >= 11 is 0. The van der Waals surface area contributed by atoms with Gasteiger partial charge >= 0.3 is 6.18 Å². The normalized spacial score (nSPS) is 11.4. The fourth-order valence-electron chi connectivity index (χ4n) is 3.25. The number of fused-ring (bicyclic) bond motifs is 1. The van der Waals surface area contributed by atoms with Gasteiger partial charge in [-0.05, 0) is 36.4 Å². The van der Waals surface area contributed by atoms with E-state index in [-0.39, 0.29) is 28.9 Å². The molecular formula is C22H17F3N6O3. The van der Waals surface area contributed by atoms with Crippen LogP contribution in [0.5, 0.6) is 0 Å². The number of benzene rings is 2. The summed E-state index contributed by atoms with van der Waals surface area (Å²) in [4.78, 5) is 41.6. The van der Waals surface area contributed by atoms with E-state index in [1.54, 1.807) is 7.05 Å². The molecule has 2 aromatic carbocycles. The molecule has 0 aliphatic carbocycles. The van der Waals surface area contributed by atoms with Crippen molar-refractivity contribution in [2.45, 2.75) is 12.7 Å². The van der Waals surface area contributed by atoms with Crippen LogP contribution in [0.3, 0.4) is 0 Å². The lowest BCUT2D eigenvalue weighted by atomic mass is 10.1. The van der Waals surface area contributed by atoms with Crippen LogP contribution in [0.15, 0.2) is 65.8 Å². The molecule has 0 bridgehead atoms. The second-order valence-electron chi connectivity index (χ2n) is 7.34. The van der Waals surface area contributed by atoms with Gasteiger partial charge in [0.1, 0.15) is 18.3 Å². The van der Waals surface area contributed by atoms with Crippen molar-refractivity contribution in [3.05, 3.63) is 82.5 Å². The number of aryl methyl sites for hydroxylation is 1. The van der Waals surface area contributed by atoms with Crippen LogP contribution >= 0.6 is 0 Å². The summed E-state index contributed by atoms with van der Waals surface area (Å²) in [5.41, 5.74) is -0.563. The number of anilines is 2. The summed E-state index contributed by atoms with van der Waals surface area (Å²) in [5, 5.41) is 9.22. The van der Waals surface area contributed by atoms with Gasteiger partial charge in [-0.15, -0.1) is 0 Å². The molecule has 34 heavy (non-hydrogen) atoms. The van der Waals surface area contributed by atoms with Crippen molar-refractivity contribution in [3.63, 3.8) is 0 Å². The summed E-state index contributed by atoms with van der Waals surface area (Å²) in [7, 11) is 1.64. The zero-order valence-corrected chi connectivity index (χ0v) is 17.6. The van der Waals surface area contributed by atoms with Gasteiger partial charge in [0.25, 0.3) is 11.5 Å². The van der Waals surface area contributed by atoms with Crippen LogP contribution in [0.1, 0.15) is 15.9 Å². The summed E-state index contributed by atoms with van der Waals surface area (Å²) in [6.07, 6.45) is -1.93. The third-order valence-corrected chi connectivity index (χ3v) is 4.89. The van der Waals surface area contributed by atoms with Gasteiger partial charge in [-0.3, -0.25) is 23.6 Å². The van der Waals surface area contributed by atoms with Gasteiger partial charge in [-0.1, -0.05) is 12.1 Å². The highest BCUT2D eigenvalue weighted by atomic mass is 19.4. The molecule has 2 N–H and O–H groups in total. The van der Waals surface area contributed by atoms with Gasteiger partial charge in [0.05, 0.1) is 11.8 Å². The van der Waals surface area contributed by atoms with E-state index in [1.807, 2.05) is 0 Å². The maximum Gasteiger partial charge on any atom is 0.416 e. The van der Waals surface area contributed by atoms with Crippen LogP contribution in [0.4, 0.5) is 24.5 Å². The highest BCUT2D eigenvalue weighted by Gasteiger charge is 2.30. The molecule has 0 aliphatic rings. The van der Waals surface area contributed by atoms with Gasteiger partial charge in [-0.2, -0.15) is 18.3 Å². The Labute approximate surface area is 189 Å². The van der Waals surface area contributed by atoms with Gasteiger partial charge < -0.3 is 10.6 Å². The topological polar surface area (TPSA) is 111 Å². The Morgan fingerprint density at radius 1 is 1.03 bits per heavy atom. The number of nitrogens with one attached hydrogen (secondary N) is 2. The standard InChI is InChI=1S/C22H17F3N6O3/c1-30-19-17(10-27-30)21(34)31(12-26-19)11-18(32)28-15-6-2-4-13(8-15)20(33)29-16-7-3-5-14(9-16)22(23,24)25/h2-10,12H,11H2,1H3,(H,28,32)(H,29,33). The lowest BCUT2D eigenvalue weighted by Gasteiger charge is -2.11. The van der Waals surface area contributed by atoms with Crippen LogP contribution in [0.2, 0.25) is 0 Å². The number of nitrogens with zero attached hydrogens (tertiary/aromatic N) is 4. The minimum absolute atomic E-state index is 0.0214. The van der Waals surface area contributed by atoms with E-state index < -0.39 is 29.1 Å². The molecule has 0 atom stereocenters. The molecule has 2 heterocycles. The van der Waals surface area contributed by atoms with Crippen LogP contribution in [-0.2, 0) is 24.6 Å². The van der Waals surface area contributed by atoms with E-state index in [2.05, 4.69) is 20.7 Å². The minimum Gasteiger partial charge on any atom is -0.325 e. The van der Waals surface area contributed by atoms with E-state index >= 15 is 0 Å². The molecule has 12 heteroatoms. The number of hydrogen-bond acceptors (Lipinski definition) is 5. The van der Waals surface area contributed by atoms with Crippen molar-refractivity contribution in [3.8, 4) is 0 Å². The molecule has 9 nitrogen and oxygen atoms in total. The van der Waals surface area contributed by atoms with Crippen LogP contribution in [0.25, 0.3) is 11.0 Å². The quantitative estimate of drug-likeness (QED) is 0.466. The summed E-state index contributed by atoms with van der Waals surface area (Å²) in [6.45, 7) is -0.322. The van der Waals surface area contributed by atoms with E-state index in [9.17, 15) is 27.6 Å². The van der Waals surface area contributed by atoms with Crippen molar-refractivity contribution in [2.75, 3.05) is 10.6 Å². The van der Waals surface area contributed by atoms with E-state index in [0.29, 0.717) is 5.65 Å². The summed E-state index contributed by atoms with van der Waals surface area (Å²) in [5.74, 6) is -1.19. The zero-order chi connectivity index (χ0) is 24.5. The Bertz CT molecular complexity index is 1460. The molecule has 4 aromatic rings. The molecule has 2 aromatic heterocycles. The monoisotopic (exact) mass is 470 g/mol. The number of carbonyl (C=O) groups is 2. The minimum atomic E-state index is -4.54. The first-order valence-electron chi connectivity index (χ1n) is 9.87. The molecule has 0 saturated carbocycles. The predicted molar refractivity (Wildman–Crippen MR) is 117 cm³/mol. The largest absolute Gasteiger partial charge is 0.416 e. The zero-order valence-electron chi connectivity index (χ0n) is 17.6. The Hall–Kier alpha value is -4.48. The smallest absolute Gasteiger partial charge is 0.325 e. The lowest BCUT2D eigenvalue weighted by Crippen LogP contribution is -2.28. The Kier molecular flexibility index (Phi) is 5.88. The van der Waals surface area contributed by atoms with Crippen LogP contribution < -0.4 is 16.2 Å². The Morgan fingerprint density at radius 2 is 1.74 bits per heavy atom. The van der Waals surface area contributed by atoms with E-state index in [0.717, 1.165) is 16.7 Å². The third-order valence-electron chi connectivity index (χ3n) is 4.89. The molecule has 0 radical (unpaired) electrons. The SMILES string of the molecule is Cn1ncc2c(=O)n(CC(=O)Nc3cccc(C(=O)Nc4cccc(C(F)(F)F)c4)c3)cnc21. The summed E-state index contributed by atoms with van der Waals surface area (Å²) < 4.78 is 41.2. The molecule has 174 valence electrons. The highest BCUT2D eigenvalue weighted by Crippen LogP contribution is 2.30. The average molecular weight is 470 g/mol. The number of hydrogen-bond donors (Lipinski definition) is 2. The van der Waals surface area contributed by atoms with Crippen LogP contribution in [0, 0.1) is 0 Å². The third kappa shape index (κ3) is 4.80. The van der Waals surface area contributed by atoms with Gasteiger partial charge in [0.15, 0.2) is 5.65 Å². The first kappa shape index (κ1) is 22.7. The van der Waals surface area contributed by atoms with Gasteiger partial charge in [-0.25, -0.2) is 4.98 Å². The van der Waals surface area contributed by atoms with Crippen molar-refractivity contribution in [2.24, 2.45) is 7.05 Å². The highest BCUT2D eigenvalue weighted by molar-refractivity contribution is 6.05. The van der Waals surface area contributed by atoms with E-state index in [1.165, 1.54) is 53.6 Å². The maximum atomic E-state index is 12.9. The molecule has 0 unspecified atom stereocenters. The van der Waals surface area contributed by atoms with Crippen molar-refractivity contribution < 1.29 is 22.8 Å². The maximum absolute atomic E-state index is 12.9. The second kappa shape index (κ2) is 8.81. The second-order valence-corrected chi connectivity index (χ2v) is 7.34. The molecule has 0 aliphatic heterocycles. The number of amides is 2. The number of carbonyl (C=O) groups excluding carboxylic acids is 2. The molecule has 2 amide bonds. The Morgan fingerprint density at radius 3 is 2.47 bits per heavy atom. The Balaban J connectivity index is 1.45. The molecule has 0 spiro atoms. The number of aromatic nitrogens is 4. The van der Waals surface area contributed by atoms with E-state index in [4.69, 9.17) is 0 Å². The number of alkyl halides is 3. The average Bonchev–Trinajstić information content (AvgIpc) is 3.17. The fourth-order valence-corrected chi connectivity index (χ4v) is 3.25. The molecule has 0 saturated heterocycles. The fraction of sp³-hybridized carbons (Fsp3) is 0.136. The molecule has 4 rings (SSSR count). The predicted octanol–water partition coefficient (Wildman–Crippen LogP) is 3.04. The first-order chi connectivity index (χ1) is 16.1. The van der Waals surface area contributed by atoms with Gasteiger partial charge in [0.2, 0.25) is 5.91 Å². The molecule has 0 fully saturated rings. The number of halogens is 3. The summed E-state index contributed by atoms with van der Waals surface area (Å²) in [6, 6.07) is 10.1. The number of rotatable bonds is 5.